The van der Waals surface area contributed by atoms with Crippen LogP contribution in [0.3, 0.4) is 0 Å². The average Bonchev–Trinajstić information content (AvgIpc) is 2.78. The minimum Gasteiger partial charge on any atom is -0.367 e. The summed E-state index contributed by atoms with van der Waals surface area (Å²) in [4.78, 5) is 28.4. The molecule has 1 N–H and O–H groups in total. The van der Waals surface area contributed by atoms with Crippen LogP contribution in [0.15, 0.2) is 24.3 Å². The number of anilines is 3. The van der Waals surface area contributed by atoms with Gasteiger partial charge in [-0.05, 0) is 58.0 Å². The molecule has 0 spiro atoms. The summed E-state index contributed by atoms with van der Waals surface area (Å²) in [5.74, 6) is 0.138. The van der Waals surface area contributed by atoms with Gasteiger partial charge in [-0.1, -0.05) is 0 Å². The Labute approximate surface area is 198 Å². The van der Waals surface area contributed by atoms with Crippen molar-refractivity contribution < 1.29 is 18.0 Å². The molecule has 1 aromatic carbocycles. The summed E-state index contributed by atoms with van der Waals surface area (Å²) in [6, 6.07) is 5.54. The van der Waals surface area contributed by atoms with E-state index in [-0.39, 0.29) is 17.5 Å². The molecule has 2 aliphatic rings. The Hall–Kier alpha value is -2.88. The summed E-state index contributed by atoms with van der Waals surface area (Å²) in [6.45, 7) is 8.10. The van der Waals surface area contributed by atoms with Crippen molar-refractivity contribution in [2.24, 2.45) is 5.92 Å². The Morgan fingerprint density at radius 3 is 2.15 bits per heavy atom. The Bertz CT molecular complexity index is 1010. The van der Waals surface area contributed by atoms with E-state index < -0.39 is 11.7 Å². The summed E-state index contributed by atoms with van der Waals surface area (Å²) >= 11 is 0. The third kappa shape index (κ3) is 5.60. The molecule has 7 nitrogen and oxygen atoms in total. The third-order valence-corrected chi connectivity index (χ3v) is 6.54. The number of hydrogen-bond donors (Lipinski definition) is 1. The number of amides is 1. The predicted molar refractivity (Wildman–Crippen MR) is 126 cm³/mol. The highest BCUT2D eigenvalue weighted by Crippen LogP contribution is 2.36. The smallest absolute Gasteiger partial charge is 0.367 e. The number of aromatic nitrogens is 2. The molecule has 0 saturated carbocycles. The Balaban J connectivity index is 1.47. The van der Waals surface area contributed by atoms with E-state index in [9.17, 15) is 18.0 Å². The van der Waals surface area contributed by atoms with Crippen molar-refractivity contribution in [3.63, 3.8) is 0 Å². The molecule has 0 radical (unpaired) electrons. The first-order valence-corrected chi connectivity index (χ1v) is 11.6. The SMILES string of the molecule is Cc1cc(C)nc(N2CCC(C(=O)Nc3cc(C(F)(F)F)ccc3N3CCN(C)CC3)CC2)n1. The molecule has 2 aromatic rings. The maximum absolute atomic E-state index is 13.4. The van der Waals surface area contributed by atoms with Crippen molar-refractivity contribution in [1.29, 1.82) is 0 Å². The molecular weight excluding hydrogens is 445 g/mol. The fourth-order valence-corrected chi connectivity index (χ4v) is 4.56. The second-order valence-electron chi connectivity index (χ2n) is 9.22. The fraction of sp³-hybridized carbons (Fsp3) is 0.542. The van der Waals surface area contributed by atoms with Crippen molar-refractivity contribution in [2.75, 3.05) is 61.4 Å². The van der Waals surface area contributed by atoms with Gasteiger partial charge in [-0.3, -0.25) is 4.79 Å². The molecule has 1 amide bonds. The second kappa shape index (κ2) is 9.77. The molecule has 4 rings (SSSR count). The van der Waals surface area contributed by atoms with Gasteiger partial charge in [0.25, 0.3) is 0 Å². The topological polar surface area (TPSA) is 64.6 Å². The Kier molecular flexibility index (Phi) is 6.97. The molecule has 0 unspecified atom stereocenters. The number of carbonyl (C=O) groups excluding carboxylic acids is 1. The lowest BCUT2D eigenvalue weighted by Crippen LogP contribution is -2.45. The molecule has 0 bridgehead atoms. The van der Waals surface area contributed by atoms with Crippen LogP contribution in [0.5, 0.6) is 0 Å². The van der Waals surface area contributed by atoms with E-state index in [1.165, 1.54) is 6.07 Å². The molecule has 2 aliphatic heterocycles. The normalized spacial score (nSPS) is 18.3. The fourth-order valence-electron chi connectivity index (χ4n) is 4.56. The van der Waals surface area contributed by atoms with Crippen molar-refractivity contribution in [3.05, 3.63) is 41.2 Å². The first-order valence-electron chi connectivity index (χ1n) is 11.6. The van der Waals surface area contributed by atoms with E-state index in [1.54, 1.807) is 0 Å². The van der Waals surface area contributed by atoms with Gasteiger partial charge in [-0.15, -0.1) is 0 Å². The van der Waals surface area contributed by atoms with E-state index in [0.717, 1.165) is 36.6 Å². The molecule has 2 saturated heterocycles. The highest BCUT2D eigenvalue weighted by atomic mass is 19.4. The van der Waals surface area contributed by atoms with Crippen LogP contribution < -0.4 is 15.1 Å². The van der Waals surface area contributed by atoms with Crippen LogP contribution in [0.2, 0.25) is 0 Å². The molecule has 34 heavy (non-hydrogen) atoms. The van der Waals surface area contributed by atoms with E-state index in [2.05, 4.69) is 25.1 Å². The van der Waals surface area contributed by atoms with Crippen LogP contribution in [-0.2, 0) is 11.0 Å². The number of likely N-dealkylation sites (N-methyl/N-ethyl adjacent to an activating group) is 1. The van der Waals surface area contributed by atoms with Crippen LogP contribution in [0.1, 0.15) is 29.8 Å². The standard InChI is InChI=1S/C24H31F3N6O/c1-16-14-17(2)29-23(28-16)33-8-6-18(7-9-33)22(34)30-20-15-19(24(25,26)27)4-5-21(20)32-12-10-31(3)11-13-32/h4-5,14-15,18H,6-13H2,1-3H3,(H,30,34). The van der Waals surface area contributed by atoms with Crippen LogP contribution in [0, 0.1) is 19.8 Å². The van der Waals surface area contributed by atoms with Gasteiger partial charge in [0.1, 0.15) is 0 Å². The average molecular weight is 477 g/mol. The van der Waals surface area contributed by atoms with Crippen molar-refractivity contribution in [3.8, 4) is 0 Å². The number of nitrogens with one attached hydrogen (secondary N) is 1. The van der Waals surface area contributed by atoms with Crippen LogP contribution in [0.25, 0.3) is 0 Å². The summed E-state index contributed by atoms with van der Waals surface area (Å²) in [5, 5.41) is 2.83. The van der Waals surface area contributed by atoms with Gasteiger partial charge in [-0.25, -0.2) is 9.97 Å². The molecule has 3 heterocycles. The number of piperidine rings is 1. The van der Waals surface area contributed by atoms with Gasteiger partial charge >= 0.3 is 6.18 Å². The van der Waals surface area contributed by atoms with E-state index >= 15 is 0 Å². The van der Waals surface area contributed by atoms with Gasteiger partial charge in [0, 0.05) is 56.6 Å². The Morgan fingerprint density at radius 2 is 1.56 bits per heavy atom. The first-order chi connectivity index (χ1) is 16.1. The maximum Gasteiger partial charge on any atom is 0.416 e. The number of benzene rings is 1. The lowest BCUT2D eigenvalue weighted by molar-refractivity contribution is -0.137. The minimum atomic E-state index is -4.47. The number of aryl methyl sites for hydroxylation is 2. The molecule has 0 aliphatic carbocycles. The quantitative estimate of drug-likeness (QED) is 0.726. The first kappa shape index (κ1) is 24.3. The maximum atomic E-state index is 13.4. The summed E-state index contributed by atoms with van der Waals surface area (Å²) in [6.07, 6.45) is -3.30. The third-order valence-electron chi connectivity index (χ3n) is 6.54. The number of nitrogens with zero attached hydrogens (tertiary/aromatic N) is 5. The Morgan fingerprint density at radius 1 is 0.941 bits per heavy atom. The number of rotatable bonds is 4. The molecule has 10 heteroatoms. The predicted octanol–water partition coefficient (Wildman–Crippen LogP) is 3.72. The van der Waals surface area contributed by atoms with E-state index in [4.69, 9.17) is 0 Å². The van der Waals surface area contributed by atoms with E-state index in [1.807, 2.05) is 31.9 Å². The molecular formula is C24H31F3N6O. The highest BCUT2D eigenvalue weighted by molar-refractivity contribution is 5.96. The number of halogens is 3. The van der Waals surface area contributed by atoms with Crippen molar-refractivity contribution in [2.45, 2.75) is 32.9 Å². The van der Waals surface area contributed by atoms with Gasteiger partial charge in [0.15, 0.2) is 0 Å². The van der Waals surface area contributed by atoms with Gasteiger partial charge in [0.2, 0.25) is 11.9 Å². The summed E-state index contributed by atoms with van der Waals surface area (Å²) < 4.78 is 40.2. The van der Waals surface area contributed by atoms with Gasteiger partial charge in [0.05, 0.1) is 16.9 Å². The van der Waals surface area contributed by atoms with E-state index in [0.29, 0.717) is 50.7 Å². The zero-order valence-corrected chi connectivity index (χ0v) is 19.8. The monoisotopic (exact) mass is 476 g/mol. The largest absolute Gasteiger partial charge is 0.416 e. The van der Waals surface area contributed by atoms with Crippen LogP contribution >= 0.6 is 0 Å². The molecule has 2 fully saturated rings. The number of carbonyl (C=O) groups is 1. The second-order valence-corrected chi connectivity index (χ2v) is 9.22. The molecule has 0 atom stereocenters. The number of piperazine rings is 1. The number of alkyl halides is 3. The summed E-state index contributed by atoms with van der Waals surface area (Å²) in [7, 11) is 2.02. The summed E-state index contributed by atoms with van der Waals surface area (Å²) in [5.41, 5.74) is 1.88. The van der Waals surface area contributed by atoms with Crippen molar-refractivity contribution in [1.82, 2.24) is 14.9 Å². The van der Waals surface area contributed by atoms with Crippen LogP contribution in [-0.4, -0.2) is 67.1 Å². The van der Waals surface area contributed by atoms with Gasteiger partial charge in [-0.2, -0.15) is 13.2 Å². The lowest BCUT2D eigenvalue weighted by Gasteiger charge is -2.36. The van der Waals surface area contributed by atoms with Crippen LogP contribution in [0.4, 0.5) is 30.5 Å². The van der Waals surface area contributed by atoms with Crippen molar-refractivity contribution >= 4 is 23.2 Å². The molecule has 1 aromatic heterocycles. The zero-order chi connectivity index (χ0) is 24.5. The molecule has 184 valence electrons. The lowest BCUT2D eigenvalue weighted by atomic mass is 9.96. The van der Waals surface area contributed by atoms with Gasteiger partial charge < -0.3 is 20.0 Å². The zero-order valence-electron chi connectivity index (χ0n) is 19.8. The highest BCUT2D eigenvalue weighted by Gasteiger charge is 2.33. The minimum absolute atomic E-state index is 0.226. The number of hydrogen-bond acceptors (Lipinski definition) is 6.